The Balaban J connectivity index is 1.76. The zero-order valence-electron chi connectivity index (χ0n) is 17.5. The van der Waals surface area contributed by atoms with Gasteiger partial charge in [0.2, 0.25) is 5.95 Å². The van der Waals surface area contributed by atoms with E-state index in [1.807, 2.05) is 29.5 Å². The number of hydrogen-bond acceptors (Lipinski definition) is 9. The van der Waals surface area contributed by atoms with E-state index in [9.17, 15) is 9.65 Å². The smallest absolute Gasteiger partial charge is 0.215 e. The average molecular weight is 458 g/mol. The zero-order chi connectivity index (χ0) is 22.2. The van der Waals surface area contributed by atoms with Gasteiger partial charge in [-0.05, 0) is 30.1 Å². The van der Waals surface area contributed by atoms with Crippen molar-refractivity contribution in [2.75, 3.05) is 35.1 Å². The molecule has 0 aliphatic rings. The standard InChI is InChI=1S/C21H24FN7S2/c1-14(2)24-6-8-29(3)19-11-20(22)26-13-18(19)27-17-5-4-16(10-15(17)12-23)31-28-21-25-7-9-30-21/h4-5,7,9-11,13-14,24,27H,6,8H2,1-3H3,(H,25,28). The molecule has 0 atom stereocenters. The number of aromatic nitrogens is 2. The number of nitriles is 1. The number of nitrogens with one attached hydrogen (secondary N) is 3. The summed E-state index contributed by atoms with van der Waals surface area (Å²) < 4.78 is 17.0. The van der Waals surface area contributed by atoms with Crippen LogP contribution in [0.3, 0.4) is 0 Å². The molecule has 7 nitrogen and oxygen atoms in total. The Labute approximate surface area is 189 Å². The van der Waals surface area contributed by atoms with Crippen LogP contribution < -0.4 is 20.3 Å². The summed E-state index contributed by atoms with van der Waals surface area (Å²) in [6, 6.07) is 9.52. The molecule has 3 rings (SSSR count). The fourth-order valence-electron chi connectivity index (χ4n) is 2.78. The van der Waals surface area contributed by atoms with Crippen LogP contribution in [0.4, 0.5) is 26.6 Å². The van der Waals surface area contributed by atoms with Gasteiger partial charge in [0.25, 0.3) is 0 Å². The lowest BCUT2D eigenvalue weighted by Crippen LogP contribution is -2.33. The molecule has 3 N–H and O–H groups in total. The second kappa shape index (κ2) is 10.9. The number of rotatable bonds is 10. The van der Waals surface area contributed by atoms with Crippen molar-refractivity contribution in [3.8, 4) is 6.07 Å². The van der Waals surface area contributed by atoms with Gasteiger partial charge in [-0.3, -0.25) is 0 Å². The third kappa shape index (κ3) is 6.55. The van der Waals surface area contributed by atoms with Crippen LogP contribution in [0.5, 0.6) is 0 Å². The van der Waals surface area contributed by atoms with Crippen LogP contribution in [-0.2, 0) is 0 Å². The van der Waals surface area contributed by atoms with Crippen LogP contribution in [0.1, 0.15) is 19.4 Å². The number of anilines is 4. The van der Waals surface area contributed by atoms with Gasteiger partial charge in [-0.2, -0.15) is 9.65 Å². The van der Waals surface area contributed by atoms with Crippen LogP contribution in [0.2, 0.25) is 0 Å². The molecule has 0 saturated heterocycles. The number of thiazole rings is 1. The number of benzene rings is 1. The molecule has 0 fully saturated rings. The first-order valence-electron chi connectivity index (χ1n) is 9.70. The van der Waals surface area contributed by atoms with Crippen molar-refractivity contribution in [2.24, 2.45) is 0 Å². The first-order valence-corrected chi connectivity index (χ1v) is 11.4. The van der Waals surface area contributed by atoms with Gasteiger partial charge in [-0.1, -0.05) is 13.8 Å². The van der Waals surface area contributed by atoms with E-state index in [2.05, 4.69) is 45.2 Å². The van der Waals surface area contributed by atoms with Crippen molar-refractivity contribution >= 4 is 45.5 Å². The largest absolute Gasteiger partial charge is 0.371 e. The molecule has 10 heteroatoms. The van der Waals surface area contributed by atoms with Gasteiger partial charge in [-0.25, -0.2) is 9.97 Å². The predicted molar refractivity (Wildman–Crippen MR) is 127 cm³/mol. The lowest BCUT2D eigenvalue weighted by atomic mass is 10.2. The number of halogens is 1. The highest BCUT2D eigenvalue weighted by atomic mass is 32.2. The minimum Gasteiger partial charge on any atom is -0.371 e. The van der Waals surface area contributed by atoms with E-state index in [0.29, 0.717) is 35.2 Å². The Hall–Kier alpha value is -2.87. The van der Waals surface area contributed by atoms with Crippen LogP contribution in [-0.4, -0.2) is 36.1 Å². The van der Waals surface area contributed by atoms with E-state index < -0.39 is 5.95 Å². The summed E-state index contributed by atoms with van der Waals surface area (Å²) in [4.78, 5) is 10.8. The van der Waals surface area contributed by atoms with Crippen molar-refractivity contribution < 1.29 is 4.39 Å². The fourth-order valence-corrected chi connectivity index (χ4v) is 4.04. The van der Waals surface area contributed by atoms with Gasteiger partial charge in [0.05, 0.1) is 28.8 Å². The topological polar surface area (TPSA) is 88.9 Å². The van der Waals surface area contributed by atoms with Crippen molar-refractivity contribution in [3.63, 3.8) is 0 Å². The summed E-state index contributed by atoms with van der Waals surface area (Å²) in [7, 11) is 1.90. The van der Waals surface area contributed by atoms with Gasteiger partial charge in [0.15, 0.2) is 5.13 Å². The monoisotopic (exact) mass is 457 g/mol. The van der Waals surface area contributed by atoms with Gasteiger partial charge in [-0.15, -0.1) is 11.3 Å². The normalized spacial score (nSPS) is 10.7. The molecule has 31 heavy (non-hydrogen) atoms. The molecule has 0 amide bonds. The minimum absolute atomic E-state index is 0.375. The highest BCUT2D eigenvalue weighted by Gasteiger charge is 2.13. The lowest BCUT2D eigenvalue weighted by molar-refractivity contribution is 0.578. The number of nitrogens with zero attached hydrogens (tertiary/aromatic N) is 4. The first-order chi connectivity index (χ1) is 15.0. The van der Waals surface area contributed by atoms with E-state index in [1.165, 1.54) is 35.5 Å². The Morgan fingerprint density at radius 1 is 1.26 bits per heavy atom. The van der Waals surface area contributed by atoms with Crippen LogP contribution in [0.25, 0.3) is 0 Å². The van der Waals surface area contributed by atoms with E-state index in [4.69, 9.17) is 0 Å². The van der Waals surface area contributed by atoms with Crippen molar-refractivity contribution in [2.45, 2.75) is 24.8 Å². The molecule has 0 spiro atoms. The van der Waals surface area contributed by atoms with E-state index >= 15 is 0 Å². The third-order valence-corrected chi connectivity index (χ3v) is 5.93. The molecule has 3 aromatic rings. The molecule has 0 unspecified atom stereocenters. The fraction of sp³-hybridized carbons (Fsp3) is 0.286. The molecular weight excluding hydrogens is 433 g/mol. The van der Waals surface area contributed by atoms with E-state index in [1.54, 1.807) is 12.3 Å². The zero-order valence-corrected chi connectivity index (χ0v) is 19.1. The first kappa shape index (κ1) is 22.8. The maximum Gasteiger partial charge on any atom is 0.215 e. The van der Waals surface area contributed by atoms with Gasteiger partial charge >= 0.3 is 0 Å². The van der Waals surface area contributed by atoms with Gasteiger partial charge in [0, 0.05) is 48.7 Å². The van der Waals surface area contributed by atoms with E-state index in [0.717, 1.165) is 16.6 Å². The molecule has 0 radical (unpaired) electrons. The van der Waals surface area contributed by atoms with Crippen molar-refractivity contribution in [1.29, 1.82) is 5.26 Å². The Bertz CT molecular complexity index is 1030. The minimum atomic E-state index is -0.551. The number of pyridine rings is 1. The number of likely N-dealkylation sites (N-methyl/N-ethyl adjacent to an activating group) is 1. The molecular formula is C21H24FN7S2. The highest BCUT2D eigenvalue weighted by Crippen LogP contribution is 2.31. The van der Waals surface area contributed by atoms with Crippen LogP contribution in [0, 0.1) is 17.3 Å². The highest BCUT2D eigenvalue weighted by molar-refractivity contribution is 8.00. The summed E-state index contributed by atoms with van der Waals surface area (Å²) >= 11 is 2.89. The number of hydrogen-bond donors (Lipinski definition) is 3. The molecule has 0 saturated carbocycles. The van der Waals surface area contributed by atoms with Gasteiger partial charge in [0.1, 0.15) is 6.07 Å². The summed E-state index contributed by atoms with van der Waals surface area (Å²) in [5, 5.41) is 18.9. The molecule has 2 aromatic heterocycles. The Morgan fingerprint density at radius 2 is 2.10 bits per heavy atom. The summed E-state index contributed by atoms with van der Waals surface area (Å²) in [6.45, 7) is 5.62. The van der Waals surface area contributed by atoms with Crippen molar-refractivity contribution in [3.05, 3.63) is 53.6 Å². The molecule has 0 bridgehead atoms. The molecule has 2 heterocycles. The Kier molecular flexibility index (Phi) is 8.06. The van der Waals surface area contributed by atoms with Crippen LogP contribution >= 0.6 is 23.3 Å². The van der Waals surface area contributed by atoms with Crippen LogP contribution in [0.15, 0.2) is 46.9 Å². The summed E-state index contributed by atoms with van der Waals surface area (Å²) in [6.07, 6.45) is 3.18. The van der Waals surface area contributed by atoms with Crippen molar-refractivity contribution in [1.82, 2.24) is 15.3 Å². The van der Waals surface area contributed by atoms with Gasteiger partial charge < -0.3 is 20.3 Å². The second-order valence-electron chi connectivity index (χ2n) is 7.04. The summed E-state index contributed by atoms with van der Waals surface area (Å²) in [5.41, 5.74) is 2.41. The molecule has 162 valence electrons. The Morgan fingerprint density at radius 3 is 2.81 bits per heavy atom. The predicted octanol–water partition coefficient (Wildman–Crippen LogP) is 4.85. The second-order valence-corrected chi connectivity index (χ2v) is 8.81. The quantitative estimate of drug-likeness (QED) is 0.294. The molecule has 0 aliphatic heterocycles. The lowest BCUT2D eigenvalue weighted by Gasteiger charge is -2.24. The van der Waals surface area contributed by atoms with E-state index in [-0.39, 0.29) is 0 Å². The maximum absolute atomic E-state index is 13.8. The maximum atomic E-state index is 13.8. The summed E-state index contributed by atoms with van der Waals surface area (Å²) in [5.74, 6) is -0.551. The SMILES string of the molecule is CC(C)NCCN(C)c1cc(F)ncc1Nc1ccc(SNc2nccs2)cc1C#N. The third-order valence-electron chi connectivity index (χ3n) is 4.33. The average Bonchev–Trinajstić information content (AvgIpc) is 3.27. The molecule has 0 aliphatic carbocycles. The molecule has 1 aromatic carbocycles.